The Morgan fingerprint density at radius 2 is 1.83 bits per heavy atom. The van der Waals surface area contributed by atoms with E-state index in [1.54, 1.807) is 13.8 Å². The van der Waals surface area contributed by atoms with E-state index >= 15 is 0 Å². The van der Waals surface area contributed by atoms with E-state index in [9.17, 15) is 18.0 Å². The highest BCUT2D eigenvalue weighted by Crippen LogP contribution is 2.26. The smallest absolute Gasteiger partial charge is 0.342 e. The summed E-state index contributed by atoms with van der Waals surface area (Å²) in [7, 11) is 1.40. The van der Waals surface area contributed by atoms with E-state index in [0.29, 0.717) is 13.1 Å². The first kappa shape index (κ1) is 16.7. The first-order valence-corrected chi connectivity index (χ1v) is 5.68. The van der Waals surface area contributed by atoms with Crippen molar-refractivity contribution in [2.75, 3.05) is 33.2 Å². The summed E-state index contributed by atoms with van der Waals surface area (Å²) in [5.41, 5.74) is 0. The van der Waals surface area contributed by atoms with E-state index in [-0.39, 0.29) is 12.5 Å². The molecule has 0 saturated heterocycles. The van der Waals surface area contributed by atoms with Crippen molar-refractivity contribution >= 4 is 5.91 Å². The molecule has 0 spiro atoms. The van der Waals surface area contributed by atoms with Gasteiger partial charge in [-0.05, 0) is 20.9 Å². The van der Waals surface area contributed by atoms with Crippen LogP contribution in [-0.2, 0) is 4.79 Å². The summed E-state index contributed by atoms with van der Waals surface area (Å²) < 4.78 is 37.1. The number of hydrogen-bond acceptors (Lipinski definition) is 3. The molecule has 0 aromatic carbocycles. The number of likely N-dealkylation sites (N-methyl/N-ethyl adjacent to an activating group) is 2. The Labute approximate surface area is 105 Å². The molecule has 1 unspecified atom stereocenters. The maximum atomic E-state index is 12.4. The van der Waals surface area contributed by atoms with Crippen LogP contribution in [-0.4, -0.2) is 55.1 Å². The van der Waals surface area contributed by atoms with Crippen molar-refractivity contribution in [2.45, 2.75) is 20.0 Å². The number of halogens is 3. The van der Waals surface area contributed by atoms with Crippen molar-refractivity contribution in [3.05, 3.63) is 0 Å². The molecule has 0 aromatic heterocycles. The molecule has 0 aliphatic heterocycles. The molecule has 0 bridgehead atoms. The molecular formula is C11H18F3N3O. The van der Waals surface area contributed by atoms with Crippen molar-refractivity contribution in [1.29, 1.82) is 5.26 Å². The monoisotopic (exact) mass is 265 g/mol. The lowest BCUT2D eigenvalue weighted by Crippen LogP contribution is -2.42. The number of nitriles is 1. The molecule has 1 atom stereocenters. The van der Waals surface area contributed by atoms with Gasteiger partial charge in [-0.2, -0.15) is 18.4 Å². The first-order chi connectivity index (χ1) is 8.26. The highest BCUT2D eigenvalue weighted by Gasteiger charge is 2.40. The normalized spacial score (nSPS) is 13.2. The van der Waals surface area contributed by atoms with E-state index < -0.39 is 18.6 Å². The average Bonchev–Trinajstić information content (AvgIpc) is 2.25. The van der Waals surface area contributed by atoms with Crippen LogP contribution in [0.3, 0.4) is 0 Å². The molecule has 0 aliphatic carbocycles. The molecule has 0 fully saturated rings. The van der Waals surface area contributed by atoms with Gasteiger partial charge in [-0.15, -0.1) is 0 Å². The number of nitrogens with zero attached hydrogens (tertiary/aromatic N) is 3. The zero-order valence-corrected chi connectivity index (χ0v) is 10.8. The van der Waals surface area contributed by atoms with Crippen molar-refractivity contribution < 1.29 is 18.0 Å². The van der Waals surface area contributed by atoms with Crippen LogP contribution in [0.4, 0.5) is 13.2 Å². The quantitative estimate of drug-likeness (QED) is 0.731. The largest absolute Gasteiger partial charge is 0.405 e. The summed E-state index contributed by atoms with van der Waals surface area (Å²) >= 11 is 0. The molecule has 7 heteroatoms. The Morgan fingerprint density at radius 3 is 2.17 bits per heavy atom. The van der Waals surface area contributed by atoms with Gasteiger partial charge in [0, 0.05) is 19.6 Å². The zero-order valence-electron chi connectivity index (χ0n) is 10.8. The Morgan fingerprint density at radius 1 is 1.33 bits per heavy atom. The number of carbonyl (C=O) groups is 1. The second-order valence-corrected chi connectivity index (χ2v) is 3.99. The minimum atomic E-state index is -4.55. The van der Waals surface area contributed by atoms with Gasteiger partial charge in [0.15, 0.2) is 5.92 Å². The second kappa shape index (κ2) is 7.21. The first-order valence-electron chi connectivity index (χ1n) is 5.68. The van der Waals surface area contributed by atoms with Crippen LogP contribution in [0, 0.1) is 17.2 Å². The molecular weight excluding hydrogens is 247 g/mol. The van der Waals surface area contributed by atoms with Gasteiger partial charge < -0.3 is 4.90 Å². The van der Waals surface area contributed by atoms with Gasteiger partial charge in [0.25, 0.3) is 0 Å². The predicted octanol–water partition coefficient (Wildman–Crippen LogP) is 1.49. The summed E-state index contributed by atoms with van der Waals surface area (Å²) in [4.78, 5) is 14.4. The molecule has 18 heavy (non-hydrogen) atoms. The second-order valence-electron chi connectivity index (χ2n) is 3.99. The van der Waals surface area contributed by atoms with E-state index in [4.69, 9.17) is 5.26 Å². The maximum absolute atomic E-state index is 12.4. The summed E-state index contributed by atoms with van der Waals surface area (Å²) in [6.07, 6.45) is -4.55. The molecule has 0 heterocycles. The topological polar surface area (TPSA) is 47.3 Å². The van der Waals surface area contributed by atoms with Gasteiger partial charge in [-0.1, -0.05) is 0 Å². The molecule has 0 aromatic rings. The van der Waals surface area contributed by atoms with E-state index in [1.807, 2.05) is 0 Å². The lowest BCUT2D eigenvalue weighted by atomic mass is 10.1. The fourth-order valence-electron chi connectivity index (χ4n) is 1.50. The lowest BCUT2D eigenvalue weighted by Gasteiger charge is -2.24. The van der Waals surface area contributed by atoms with Gasteiger partial charge in [-0.3, -0.25) is 9.69 Å². The van der Waals surface area contributed by atoms with Crippen molar-refractivity contribution in [3.63, 3.8) is 0 Å². The van der Waals surface area contributed by atoms with Crippen LogP contribution in [0.15, 0.2) is 0 Å². The molecule has 0 aliphatic rings. The maximum Gasteiger partial charge on any atom is 0.405 e. The predicted molar refractivity (Wildman–Crippen MR) is 60.6 cm³/mol. The lowest BCUT2D eigenvalue weighted by molar-refractivity contribution is -0.163. The SMILES string of the molecule is CCN(CC)C(=O)CN(C)CC(C#N)C(F)(F)F. The van der Waals surface area contributed by atoms with Crippen LogP contribution < -0.4 is 0 Å². The van der Waals surface area contributed by atoms with Crippen LogP contribution in [0.5, 0.6) is 0 Å². The summed E-state index contributed by atoms with van der Waals surface area (Å²) in [5.74, 6) is -2.30. The van der Waals surface area contributed by atoms with Crippen molar-refractivity contribution in [1.82, 2.24) is 9.80 Å². The number of amides is 1. The van der Waals surface area contributed by atoms with Crippen LogP contribution in [0.2, 0.25) is 0 Å². The highest BCUT2D eigenvalue weighted by atomic mass is 19.4. The molecule has 0 radical (unpaired) electrons. The zero-order chi connectivity index (χ0) is 14.3. The molecule has 4 nitrogen and oxygen atoms in total. The minimum Gasteiger partial charge on any atom is -0.342 e. The standard InChI is InChI=1S/C11H18F3N3O/c1-4-17(5-2)10(18)8-16(3)7-9(6-15)11(12,13)14/h9H,4-5,7-8H2,1-3H3. The fourth-order valence-corrected chi connectivity index (χ4v) is 1.50. The minimum absolute atomic E-state index is 0.115. The van der Waals surface area contributed by atoms with Gasteiger partial charge in [0.2, 0.25) is 5.91 Å². The Kier molecular flexibility index (Phi) is 6.70. The Bertz CT molecular complexity index is 308. The van der Waals surface area contributed by atoms with Gasteiger partial charge in [0.05, 0.1) is 12.6 Å². The van der Waals surface area contributed by atoms with Crippen molar-refractivity contribution in [3.8, 4) is 6.07 Å². The average molecular weight is 265 g/mol. The third-order valence-corrected chi connectivity index (χ3v) is 2.57. The summed E-state index contributed by atoms with van der Waals surface area (Å²) in [5, 5.41) is 8.45. The summed E-state index contributed by atoms with van der Waals surface area (Å²) in [6, 6.07) is 1.21. The Balaban J connectivity index is 4.39. The number of carbonyl (C=O) groups excluding carboxylic acids is 1. The number of rotatable bonds is 6. The molecule has 0 rings (SSSR count). The van der Waals surface area contributed by atoms with Crippen LogP contribution >= 0.6 is 0 Å². The van der Waals surface area contributed by atoms with Crippen molar-refractivity contribution in [2.24, 2.45) is 5.92 Å². The van der Waals surface area contributed by atoms with Gasteiger partial charge in [-0.25, -0.2) is 0 Å². The third kappa shape index (κ3) is 5.36. The van der Waals surface area contributed by atoms with E-state index in [0.717, 1.165) is 0 Å². The van der Waals surface area contributed by atoms with Crippen LogP contribution in [0.1, 0.15) is 13.8 Å². The van der Waals surface area contributed by atoms with E-state index in [2.05, 4.69) is 0 Å². The molecule has 0 N–H and O–H groups in total. The fraction of sp³-hybridized carbons (Fsp3) is 0.818. The third-order valence-electron chi connectivity index (χ3n) is 2.57. The van der Waals surface area contributed by atoms with E-state index in [1.165, 1.54) is 22.9 Å². The number of alkyl halides is 3. The molecule has 0 saturated carbocycles. The number of hydrogen-bond donors (Lipinski definition) is 0. The summed E-state index contributed by atoms with van der Waals surface area (Å²) in [6.45, 7) is 4.03. The highest BCUT2D eigenvalue weighted by molar-refractivity contribution is 5.78. The Hall–Kier alpha value is -1.29. The van der Waals surface area contributed by atoms with Gasteiger partial charge in [0.1, 0.15) is 0 Å². The molecule has 1 amide bonds. The molecule has 104 valence electrons. The van der Waals surface area contributed by atoms with Gasteiger partial charge >= 0.3 is 6.18 Å². The van der Waals surface area contributed by atoms with Crippen LogP contribution in [0.25, 0.3) is 0 Å².